The van der Waals surface area contributed by atoms with E-state index in [0.29, 0.717) is 11.4 Å². The van der Waals surface area contributed by atoms with E-state index in [1.54, 1.807) is 0 Å². The molecule has 0 spiro atoms. The third-order valence-electron chi connectivity index (χ3n) is 5.66. The number of amides is 3. The molecule has 7 heteroatoms. The van der Waals surface area contributed by atoms with E-state index in [9.17, 15) is 14.4 Å². The zero-order valence-corrected chi connectivity index (χ0v) is 17.3. The van der Waals surface area contributed by atoms with Crippen LogP contribution < -0.4 is 16.2 Å². The first kappa shape index (κ1) is 20.8. The number of hydrogen-bond acceptors (Lipinski definition) is 4. The van der Waals surface area contributed by atoms with Crippen molar-refractivity contribution in [1.82, 2.24) is 16.2 Å². The summed E-state index contributed by atoms with van der Waals surface area (Å²) in [7, 11) is 0. The molecule has 154 valence electrons. The molecule has 0 saturated heterocycles. The Morgan fingerprint density at radius 3 is 2.43 bits per heavy atom. The summed E-state index contributed by atoms with van der Waals surface area (Å²) in [5.74, 6) is -0.425. The van der Waals surface area contributed by atoms with Gasteiger partial charge in [0.15, 0.2) is 0 Å². The number of hydrogen-bond donors (Lipinski definition) is 3. The lowest BCUT2D eigenvalue weighted by Crippen LogP contribution is -2.43. The van der Waals surface area contributed by atoms with Gasteiger partial charge in [-0.1, -0.05) is 32.1 Å². The lowest BCUT2D eigenvalue weighted by molar-refractivity contribution is -0.126. The molecule has 28 heavy (non-hydrogen) atoms. The molecule has 3 rings (SSSR count). The van der Waals surface area contributed by atoms with E-state index in [4.69, 9.17) is 0 Å². The van der Waals surface area contributed by atoms with Crippen molar-refractivity contribution < 1.29 is 14.4 Å². The molecule has 1 aromatic heterocycles. The van der Waals surface area contributed by atoms with Gasteiger partial charge in [-0.05, 0) is 50.2 Å². The van der Waals surface area contributed by atoms with Crippen molar-refractivity contribution >= 4 is 29.1 Å². The fourth-order valence-electron chi connectivity index (χ4n) is 4.02. The fraction of sp³-hybridized carbons (Fsp3) is 0.667. The zero-order chi connectivity index (χ0) is 19.8. The number of carbonyl (C=O) groups excluding carboxylic acids is 3. The Balaban J connectivity index is 1.37. The number of hydrazine groups is 1. The summed E-state index contributed by atoms with van der Waals surface area (Å²) in [6.45, 7) is 0.296. The smallest absolute Gasteiger partial charge is 0.279 e. The maximum atomic E-state index is 12.3. The van der Waals surface area contributed by atoms with Gasteiger partial charge in [-0.15, -0.1) is 11.3 Å². The van der Waals surface area contributed by atoms with E-state index >= 15 is 0 Å². The van der Waals surface area contributed by atoms with Crippen molar-refractivity contribution in [2.24, 2.45) is 5.92 Å². The Kier molecular flexibility index (Phi) is 7.89. The van der Waals surface area contributed by atoms with Crippen LogP contribution in [-0.4, -0.2) is 24.3 Å². The topological polar surface area (TPSA) is 87.3 Å². The Hall–Kier alpha value is -1.89. The summed E-state index contributed by atoms with van der Waals surface area (Å²) in [6, 6.07) is 1.97. The monoisotopic (exact) mass is 405 g/mol. The molecule has 0 atom stereocenters. The SMILES string of the molecule is O=C(CCNC(=O)C1CCCCC1)NNC(=O)c1cc2c(s1)CCCCCC2. The van der Waals surface area contributed by atoms with E-state index in [1.165, 1.54) is 53.9 Å². The number of rotatable bonds is 5. The van der Waals surface area contributed by atoms with E-state index in [1.807, 2.05) is 6.07 Å². The van der Waals surface area contributed by atoms with Gasteiger partial charge < -0.3 is 5.32 Å². The highest BCUT2D eigenvalue weighted by molar-refractivity contribution is 7.14. The molecule has 1 fully saturated rings. The predicted octanol–water partition coefficient (Wildman–Crippen LogP) is 3.25. The summed E-state index contributed by atoms with van der Waals surface area (Å²) < 4.78 is 0. The molecule has 3 N–H and O–H groups in total. The van der Waals surface area contributed by atoms with Gasteiger partial charge >= 0.3 is 0 Å². The van der Waals surface area contributed by atoms with Gasteiger partial charge in [-0.25, -0.2) is 0 Å². The first-order valence-corrected chi connectivity index (χ1v) is 11.4. The molecule has 1 heterocycles. The summed E-state index contributed by atoms with van der Waals surface area (Å²) in [6.07, 6.45) is 12.4. The normalized spacial score (nSPS) is 17.7. The van der Waals surface area contributed by atoms with Crippen molar-refractivity contribution in [3.05, 3.63) is 21.4 Å². The summed E-state index contributed by atoms with van der Waals surface area (Å²) in [4.78, 5) is 38.3. The number of fused-ring (bicyclic) bond motifs is 1. The van der Waals surface area contributed by atoms with Crippen LogP contribution in [0.2, 0.25) is 0 Å². The molecule has 3 amide bonds. The van der Waals surface area contributed by atoms with Crippen LogP contribution in [0.25, 0.3) is 0 Å². The van der Waals surface area contributed by atoms with Crippen LogP contribution in [0.1, 0.15) is 84.3 Å². The largest absolute Gasteiger partial charge is 0.355 e. The first-order valence-electron chi connectivity index (χ1n) is 10.6. The average Bonchev–Trinajstić information content (AvgIpc) is 3.08. The highest BCUT2D eigenvalue weighted by Gasteiger charge is 2.21. The molecule has 1 aromatic rings. The van der Waals surface area contributed by atoms with Crippen LogP contribution in [0, 0.1) is 5.92 Å². The maximum Gasteiger partial charge on any atom is 0.279 e. The van der Waals surface area contributed by atoms with Gasteiger partial charge in [0.2, 0.25) is 11.8 Å². The Morgan fingerprint density at radius 2 is 1.64 bits per heavy atom. The number of aryl methyl sites for hydroxylation is 2. The van der Waals surface area contributed by atoms with Gasteiger partial charge in [0, 0.05) is 23.8 Å². The molecule has 0 bridgehead atoms. The van der Waals surface area contributed by atoms with Gasteiger partial charge in [0.1, 0.15) is 0 Å². The number of thiophene rings is 1. The van der Waals surface area contributed by atoms with Crippen LogP contribution in [-0.2, 0) is 22.4 Å². The number of carbonyl (C=O) groups is 3. The third kappa shape index (κ3) is 6.06. The lowest BCUT2D eigenvalue weighted by Gasteiger charge is -2.20. The van der Waals surface area contributed by atoms with E-state index in [-0.39, 0.29) is 30.1 Å². The molecule has 0 aliphatic heterocycles. The van der Waals surface area contributed by atoms with Gasteiger partial charge in [0.05, 0.1) is 4.88 Å². The minimum absolute atomic E-state index is 0.0486. The average molecular weight is 406 g/mol. The van der Waals surface area contributed by atoms with Crippen molar-refractivity contribution in [3.63, 3.8) is 0 Å². The quantitative estimate of drug-likeness (QED) is 0.657. The van der Waals surface area contributed by atoms with Crippen molar-refractivity contribution in [2.75, 3.05) is 6.54 Å². The molecular formula is C21H31N3O3S. The zero-order valence-electron chi connectivity index (χ0n) is 16.5. The minimum atomic E-state index is -0.299. The summed E-state index contributed by atoms with van der Waals surface area (Å²) >= 11 is 1.53. The maximum absolute atomic E-state index is 12.3. The molecule has 1 saturated carbocycles. The van der Waals surface area contributed by atoms with Gasteiger partial charge in [-0.2, -0.15) is 0 Å². The van der Waals surface area contributed by atoms with Crippen LogP contribution in [0.4, 0.5) is 0 Å². The second kappa shape index (κ2) is 10.6. The van der Waals surface area contributed by atoms with Crippen molar-refractivity contribution in [3.8, 4) is 0 Å². The Labute approximate surface area is 170 Å². The Bertz CT molecular complexity index is 670. The van der Waals surface area contributed by atoms with E-state index in [2.05, 4.69) is 16.2 Å². The minimum Gasteiger partial charge on any atom is -0.355 e. The molecule has 0 radical (unpaired) electrons. The second-order valence-electron chi connectivity index (χ2n) is 7.85. The third-order valence-corrected chi connectivity index (χ3v) is 6.90. The Morgan fingerprint density at radius 1 is 0.929 bits per heavy atom. The highest BCUT2D eigenvalue weighted by atomic mass is 32.1. The number of nitrogens with one attached hydrogen (secondary N) is 3. The summed E-state index contributed by atoms with van der Waals surface area (Å²) in [5, 5.41) is 2.84. The van der Waals surface area contributed by atoms with Crippen LogP contribution in [0.5, 0.6) is 0 Å². The van der Waals surface area contributed by atoms with E-state index in [0.717, 1.165) is 38.5 Å². The molecule has 0 unspecified atom stereocenters. The van der Waals surface area contributed by atoms with Crippen LogP contribution in [0.15, 0.2) is 6.07 Å². The lowest BCUT2D eigenvalue weighted by atomic mass is 9.89. The predicted molar refractivity (Wildman–Crippen MR) is 110 cm³/mol. The van der Waals surface area contributed by atoms with Crippen molar-refractivity contribution in [1.29, 1.82) is 0 Å². The second-order valence-corrected chi connectivity index (χ2v) is 8.99. The molecule has 2 aliphatic rings. The molecule has 6 nitrogen and oxygen atoms in total. The molecule has 0 aromatic carbocycles. The summed E-state index contributed by atoms with van der Waals surface area (Å²) in [5.41, 5.74) is 6.24. The van der Waals surface area contributed by atoms with Crippen molar-refractivity contribution in [2.45, 2.75) is 77.0 Å². The highest BCUT2D eigenvalue weighted by Crippen LogP contribution is 2.28. The fourth-order valence-corrected chi connectivity index (χ4v) is 5.16. The van der Waals surface area contributed by atoms with Gasteiger partial charge in [0.25, 0.3) is 5.91 Å². The standard InChI is InChI=1S/C21H31N3O3S/c25-19(12-13-22-20(26)15-8-5-3-6-9-15)23-24-21(27)18-14-16-10-4-1-2-7-11-17(16)28-18/h14-15H,1-13H2,(H,22,26)(H,23,25)(H,24,27). The first-order chi connectivity index (χ1) is 13.6. The van der Waals surface area contributed by atoms with Crippen LogP contribution >= 0.6 is 11.3 Å². The molecule has 2 aliphatic carbocycles. The molecular weight excluding hydrogens is 374 g/mol. The van der Waals surface area contributed by atoms with Gasteiger partial charge in [-0.3, -0.25) is 25.2 Å². The van der Waals surface area contributed by atoms with Crippen LogP contribution in [0.3, 0.4) is 0 Å². The van der Waals surface area contributed by atoms with E-state index < -0.39 is 0 Å².